The highest BCUT2D eigenvalue weighted by Gasteiger charge is 2.49. The van der Waals surface area contributed by atoms with E-state index in [0.717, 1.165) is 22.7 Å². The molecular weight excluding hydrogens is 499 g/mol. The van der Waals surface area contributed by atoms with Crippen LogP contribution in [0.3, 0.4) is 0 Å². The standard InChI is InChI=1S/C27H25FN2O6S/c1-4-14-36-17-12-10-16(11-13-17)22(31)20-21(18-8-6-7-9-19(18)28)30(25(33)23(20)32)27-29-15(3)24(37-27)26(34)35-5-2/h6-13,21,31H,4-5,14H2,1-3H3/b22-20+/t21-/m0/s1. The number of ether oxygens (including phenoxy) is 2. The van der Waals surface area contributed by atoms with Crippen LogP contribution in [0.25, 0.3) is 5.76 Å². The first-order chi connectivity index (χ1) is 17.8. The molecule has 1 N–H and O–H groups in total. The molecule has 0 saturated carbocycles. The lowest BCUT2D eigenvalue weighted by Gasteiger charge is -2.23. The summed E-state index contributed by atoms with van der Waals surface area (Å²) in [5.74, 6) is -3.17. The van der Waals surface area contributed by atoms with Crippen LogP contribution in [0.5, 0.6) is 5.75 Å². The topological polar surface area (TPSA) is 106 Å². The van der Waals surface area contributed by atoms with Gasteiger partial charge in [-0.2, -0.15) is 0 Å². The second-order valence-electron chi connectivity index (χ2n) is 8.19. The number of hydrogen-bond acceptors (Lipinski definition) is 8. The van der Waals surface area contributed by atoms with Crippen molar-refractivity contribution in [2.45, 2.75) is 33.2 Å². The maximum absolute atomic E-state index is 15.0. The van der Waals surface area contributed by atoms with Crippen LogP contribution in [0.4, 0.5) is 9.52 Å². The predicted molar refractivity (Wildman–Crippen MR) is 136 cm³/mol. The molecule has 1 aliphatic rings. The summed E-state index contributed by atoms with van der Waals surface area (Å²) in [5.41, 5.74) is 0.264. The van der Waals surface area contributed by atoms with E-state index in [1.165, 1.54) is 18.2 Å². The Bertz CT molecular complexity index is 1380. The number of aryl methyl sites for hydroxylation is 1. The van der Waals surface area contributed by atoms with Gasteiger partial charge in [-0.1, -0.05) is 36.5 Å². The summed E-state index contributed by atoms with van der Waals surface area (Å²) in [6.07, 6.45) is 0.821. The van der Waals surface area contributed by atoms with E-state index in [1.54, 1.807) is 44.2 Å². The number of aromatic nitrogens is 1. The highest BCUT2D eigenvalue weighted by molar-refractivity contribution is 7.17. The molecule has 3 aromatic rings. The molecular formula is C27H25FN2O6S. The number of rotatable bonds is 8. The number of ketones is 1. The number of esters is 1. The number of carbonyl (C=O) groups is 3. The molecule has 37 heavy (non-hydrogen) atoms. The Morgan fingerprint density at radius 3 is 2.49 bits per heavy atom. The van der Waals surface area contributed by atoms with E-state index < -0.39 is 35.3 Å². The summed E-state index contributed by atoms with van der Waals surface area (Å²) in [5, 5.41) is 11.2. The largest absolute Gasteiger partial charge is 0.507 e. The third-order valence-corrected chi connectivity index (χ3v) is 6.83. The Kier molecular flexibility index (Phi) is 7.68. The van der Waals surface area contributed by atoms with Crippen molar-refractivity contribution < 1.29 is 33.4 Å². The molecule has 1 aromatic heterocycles. The van der Waals surface area contributed by atoms with Crippen molar-refractivity contribution in [3.8, 4) is 5.75 Å². The van der Waals surface area contributed by atoms with E-state index in [4.69, 9.17) is 9.47 Å². The van der Waals surface area contributed by atoms with Gasteiger partial charge in [0.1, 0.15) is 28.2 Å². The first kappa shape index (κ1) is 26.0. The van der Waals surface area contributed by atoms with Crippen molar-refractivity contribution in [3.05, 3.63) is 81.6 Å². The normalized spacial score (nSPS) is 16.8. The quantitative estimate of drug-likeness (QED) is 0.187. The van der Waals surface area contributed by atoms with Crippen LogP contribution in [0.1, 0.15) is 52.8 Å². The van der Waals surface area contributed by atoms with Gasteiger partial charge in [0.25, 0.3) is 5.78 Å². The van der Waals surface area contributed by atoms with Crippen molar-refractivity contribution in [3.63, 3.8) is 0 Å². The highest BCUT2D eigenvalue weighted by atomic mass is 32.1. The van der Waals surface area contributed by atoms with Crippen LogP contribution in [0.2, 0.25) is 0 Å². The molecule has 8 nitrogen and oxygen atoms in total. The summed E-state index contributed by atoms with van der Waals surface area (Å²) in [6.45, 7) is 5.87. The number of halogens is 1. The SMILES string of the molecule is CCCOc1ccc(/C(O)=C2\C(=O)C(=O)N(c3nc(C)c(C(=O)OCC)s3)[C@H]2c2ccccc2F)cc1. The number of amides is 1. The van der Waals surface area contributed by atoms with E-state index in [1.807, 2.05) is 6.92 Å². The fraction of sp³-hybridized carbons (Fsp3) is 0.259. The lowest BCUT2D eigenvalue weighted by atomic mass is 9.95. The zero-order valence-electron chi connectivity index (χ0n) is 20.5. The van der Waals surface area contributed by atoms with Crippen molar-refractivity contribution in [2.24, 2.45) is 0 Å². The predicted octanol–water partition coefficient (Wildman–Crippen LogP) is 5.18. The molecule has 1 atom stereocenters. The molecule has 0 aliphatic carbocycles. The zero-order valence-corrected chi connectivity index (χ0v) is 21.3. The van der Waals surface area contributed by atoms with Gasteiger partial charge in [-0.15, -0.1) is 0 Å². The van der Waals surface area contributed by atoms with Gasteiger partial charge >= 0.3 is 11.9 Å². The number of nitrogens with zero attached hydrogens (tertiary/aromatic N) is 2. The molecule has 0 unspecified atom stereocenters. The maximum atomic E-state index is 15.0. The fourth-order valence-corrected chi connectivity index (χ4v) is 4.96. The third-order valence-electron chi connectivity index (χ3n) is 5.70. The summed E-state index contributed by atoms with van der Waals surface area (Å²) in [6, 6.07) is 10.7. The van der Waals surface area contributed by atoms with E-state index in [-0.39, 0.29) is 33.3 Å². The van der Waals surface area contributed by atoms with Crippen LogP contribution in [0, 0.1) is 12.7 Å². The van der Waals surface area contributed by atoms with E-state index >= 15 is 4.39 Å². The van der Waals surface area contributed by atoms with Crippen molar-refractivity contribution >= 4 is 39.9 Å². The zero-order chi connectivity index (χ0) is 26.7. The van der Waals surface area contributed by atoms with Crippen LogP contribution < -0.4 is 9.64 Å². The van der Waals surface area contributed by atoms with Crippen molar-refractivity contribution in [1.29, 1.82) is 0 Å². The van der Waals surface area contributed by atoms with Crippen LogP contribution >= 0.6 is 11.3 Å². The Labute approximate surface area is 217 Å². The molecule has 1 aliphatic heterocycles. The number of aliphatic hydroxyl groups excluding tert-OH is 1. The average Bonchev–Trinajstić information content (AvgIpc) is 3.39. The second-order valence-corrected chi connectivity index (χ2v) is 9.17. The molecule has 192 valence electrons. The summed E-state index contributed by atoms with van der Waals surface area (Å²) in [4.78, 5) is 44.4. The monoisotopic (exact) mass is 524 g/mol. The molecule has 1 fully saturated rings. The summed E-state index contributed by atoms with van der Waals surface area (Å²) < 4.78 is 25.7. The third kappa shape index (κ3) is 4.97. The first-order valence-corrected chi connectivity index (χ1v) is 12.5. The molecule has 2 aromatic carbocycles. The molecule has 1 saturated heterocycles. The Morgan fingerprint density at radius 1 is 1.14 bits per heavy atom. The number of hydrogen-bond donors (Lipinski definition) is 1. The van der Waals surface area contributed by atoms with Gasteiger partial charge in [0.15, 0.2) is 5.13 Å². The summed E-state index contributed by atoms with van der Waals surface area (Å²) in [7, 11) is 0. The Balaban J connectivity index is 1.86. The van der Waals surface area contributed by atoms with Gasteiger partial charge in [-0.05, 0) is 50.6 Å². The molecule has 4 rings (SSSR count). The van der Waals surface area contributed by atoms with Gasteiger partial charge < -0.3 is 14.6 Å². The van der Waals surface area contributed by atoms with Crippen molar-refractivity contribution in [2.75, 3.05) is 18.1 Å². The van der Waals surface area contributed by atoms with Crippen LogP contribution in [0.15, 0.2) is 54.1 Å². The molecule has 1 amide bonds. The van der Waals surface area contributed by atoms with Crippen LogP contribution in [-0.4, -0.2) is 41.0 Å². The molecule has 0 radical (unpaired) electrons. The minimum Gasteiger partial charge on any atom is -0.507 e. The molecule has 0 bridgehead atoms. The lowest BCUT2D eigenvalue weighted by Crippen LogP contribution is -2.29. The molecule has 10 heteroatoms. The maximum Gasteiger partial charge on any atom is 0.350 e. The number of Topliss-reactive ketones (excluding diaryl/α,β-unsaturated/α-hetero) is 1. The number of carbonyl (C=O) groups excluding carboxylic acids is 3. The molecule has 0 spiro atoms. The Morgan fingerprint density at radius 2 is 1.84 bits per heavy atom. The van der Waals surface area contributed by atoms with Gasteiger partial charge in [0.2, 0.25) is 0 Å². The van der Waals surface area contributed by atoms with Crippen molar-refractivity contribution in [1.82, 2.24) is 4.98 Å². The number of anilines is 1. The number of benzene rings is 2. The van der Waals surface area contributed by atoms with Gasteiger partial charge in [0.05, 0.1) is 24.5 Å². The number of thiazole rings is 1. The first-order valence-electron chi connectivity index (χ1n) is 11.7. The fourth-order valence-electron chi connectivity index (χ4n) is 3.98. The smallest absolute Gasteiger partial charge is 0.350 e. The van der Waals surface area contributed by atoms with E-state index in [0.29, 0.717) is 18.1 Å². The minimum atomic E-state index is -1.31. The van der Waals surface area contributed by atoms with Gasteiger partial charge in [-0.25, -0.2) is 14.2 Å². The van der Waals surface area contributed by atoms with E-state index in [2.05, 4.69) is 4.98 Å². The minimum absolute atomic E-state index is 0.00307. The Hall–Kier alpha value is -4.05. The summed E-state index contributed by atoms with van der Waals surface area (Å²) >= 11 is 0.858. The lowest BCUT2D eigenvalue weighted by molar-refractivity contribution is -0.132. The van der Waals surface area contributed by atoms with Gasteiger partial charge in [0, 0.05) is 11.1 Å². The van der Waals surface area contributed by atoms with E-state index in [9.17, 15) is 19.5 Å². The second kappa shape index (κ2) is 10.9. The molecule has 2 heterocycles. The van der Waals surface area contributed by atoms with Crippen LogP contribution in [-0.2, 0) is 14.3 Å². The number of aliphatic hydroxyl groups is 1. The van der Waals surface area contributed by atoms with Gasteiger partial charge in [-0.3, -0.25) is 14.5 Å². The average molecular weight is 525 g/mol. The highest BCUT2D eigenvalue weighted by Crippen LogP contribution is 2.44.